The molecule has 6 heteroatoms. The number of thioether (sulfide) groups is 1. The lowest BCUT2D eigenvalue weighted by atomic mass is 10.2. The number of nitrogens with zero attached hydrogens (tertiary/aromatic N) is 2. The zero-order chi connectivity index (χ0) is 14.9. The summed E-state index contributed by atoms with van der Waals surface area (Å²) < 4.78 is 0. The second-order valence-corrected chi connectivity index (χ2v) is 7.18. The van der Waals surface area contributed by atoms with Gasteiger partial charge in [0.15, 0.2) is 0 Å². The van der Waals surface area contributed by atoms with Crippen LogP contribution in [0.3, 0.4) is 0 Å². The molecule has 0 N–H and O–H groups in total. The number of likely N-dealkylation sites (N-methyl/N-ethyl adjacent to an activating group) is 1. The molecule has 1 aliphatic heterocycles. The molecule has 1 saturated heterocycles. The molecular formula is C14H20N2O2S2. The zero-order valence-corrected chi connectivity index (χ0v) is 13.9. The number of carbonyl (C=O) groups excluding carboxylic acids is 2. The predicted molar refractivity (Wildman–Crippen MR) is 84.2 cm³/mol. The smallest absolute Gasteiger partial charge is 0.265 e. The fourth-order valence-corrected chi connectivity index (χ4v) is 4.08. The van der Waals surface area contributed by atoms with E-state index < -0.39 is 0 Å². The number of carbonyl (C=O) groups is 2. The highest BCUT2D eigenvalue weighted by molar-refractivity contribution is 7.99. The second-order valence-electron chi connectivity index (χ2n) is 5.27. The highest BCUT2D eigenvalue weighted by Gasteiger charge is 2.37. The highest BCUT2D eigenvalue weighted by atomic mass is 32.2. The van der Waals surface area contributed by atoms with E-state index in [0.717, 1.165) is 10.4 Å². The van der Waals surface area contributed by atoms with Crippen molar-refractivity contribution in [3.05, 3.63) is 21.9 Å². The van der Waals surface area contributed by atoms with E-state index in [2.05, 4.69) is 0 Å². The van der Waals surface area contributed by atoms with E-state index in [-0.39, 0.29) is 23.9 Å². The summed E-state index contributed by atoms with van der Waals surface area (Å²) in [5.74, 6) is 1.30. The Labute approximate surface area is 128 Å². The van der Waals surface area contributed by atoms with Crippen molar-refractivity contribution < 1.29 is 9.59 Å². The topological polar surface area (TPSA) is 40.6 Å². The van der Waals surface area contributed by atoms with Crippen LogP contribution in [-0.2, 0) is 4.79 Å². The molecule has 1 atom stereocenters. The molecule has 2 rings (SSSR count). The van der Waals surface area contributed by atoms with E-state index in [1.54, 1.807) is 28.6 Å². The fourth-order valence-electron chi connectivity index (χ4n) is 2.06. The fraction of sp³-hybridized carbons (Fsp3) is 0.571. The van der Waals surface area contributed by atoms with E-state index in [0.29, 0.717) is 11.6 Å². The first kappa shape index (κ1) is 15.4. The third-order valence-corrected chi connectivity index (χ3v) is 5.62. The Balaban J connectivity index is 2.17. The van der Waals surface area contributed by atoms with Gasteiger partial charge in [-0.25, -0.2) is 0 Å². The van der Waals surface area contributed by atoms with Crippen LogP contribution in [0.5, 0.6) is 0 Å². The molecule has 0 aromatic carbocycles. The minimum Gasteiger partial charge on any atom is -0.342 e. The SMILES string of the molecule is Cc1ccsc1C(=O)N1CSCC1C(=O)N(C)C(C)C. The van der Waals surface area contributed by atoms with Gasteiger partial charge in [-0.2, -0.15) is 0 Å². The van der Waals surface area contributed by atoms with Crippen LogP contribution in [0, 0.1) is 6.92 Å². The average Bonchev–Trinajstić information content (AvgIpc) is 3.04. The van der Waals surface area contributed by atoms with Crippen molar-refractivity contribution in [3.63, 3.8) is 0 Å². The predicted octanol–water partition coefficient (Wildman–Crippen LogP) is 2.44. The third-order valence-electron chi connectivity index (χ3n) is 3.61. The van der Waals surface area contributed by atoms with Crippen LogP contribution < -0.4 is 0 Å². The van der Waals surface area contributed by atoms with Gasteiger partial charge in [-0.05, 0) is 37.8 Å². The molecule has 2 heterocycles. The molecule has 4 nitrogen and oxygen atoms in total. The normalized spacial score (nSPS) is 18.6. The van der Waals surface area contributed by atoms with E-state index in [4.69, 9.17) is 0 Å². The van der Waals surface area contributed by atoms with Gasteiger partial charge in [0.05, 0.1) is 10.8 Å². The molecule has 0 saturated carbocycles. The van der Waals surface area contributed by atoms with Crippen molar-refractivity contribution in [3.8, 4) is 0 Å². The number of thiophene rings is 1. The molecule has 0 spiro atoms. The summed E-state index contributed by atoms with van der Waals surface area (Å²) in [4.78, 5) is 29.2. The van der Waals surface area contributed by atoms with E-state index in [1.165, 1.54) is 11.3 Å². The second kappa shape index (κ2) is 6.18. The molecule has 2 amide bonds. The summed E-state index contributed by atoms with van der Waals surface area (Å²) in [5, 5.41) is 1.92. The zero-order valence-electron chi connectivity index (χ0n) is 12.3. The molecule has 1 fully saturated rings. The van der Waals surface area contributed by atoms with Crippen LogP contribution in [0.2, 0.25) is 0 Å². The lowest BCUT2D eigenvalue weighted by Gasteiger charge is -2.29. The van der Waals surface area contributed by atoms with Crippen LogP contribution >= 0.6 is 23.1 Å². The Morgan fingerprint density at radius 1 is 1.45 bits per heavy atom. The van der Waals surface area contributed by atoms with Crippen molar-refractivity contribution in [2.24, 2.45) is 0 Å². The van der Waals surface area contributed by atoms with Crippen LogP contribution in [0.1, 0.15) is 29.1 Å². The van der Waals surface area contributed by atoms with Crippen molar-refractivity contribution in [1.82, 2.24) is 9.80 Å². The molecule has 1 unspecified atom stereocenters. The number of amides is 2. The van der Waals surface area contributed by atoms with Crippen molar-refractivity contribution in [2.75, 3.05) is 18.7 Å². The Morgan fingerprint density at radius 2 is 2.15 bits per heavy atom. The maximum atomic E-state index is 12.6. The maximum Gasteiger partial charge on any atom is 0.265 e. The first-order valence-electron chi connectivity index (χ1n) is 6.63. The van der Waals surface area contributed by atoms with Crippen molar-refractivity contribution in [2.45, 2.75) is 32.9 Å². The summed E-state index contributed by atoms with van der Waals surface area (Å²) >= 11 is 3.09. The summed E-state index contributed by atoms with van der Waals surface area (Å²) in [7, 11) is 1.80. The summed E-state index contributed by atoms with van der Waals surface area (Å²) in [6.45, 7) is 5.90. The number of rotatable bonds is 3. The van der Waals surface area contributed by atoms with Gasteiger partial charge < -0.3 is 9.80 Å². The van der Waals surface area contributed by atoms with Crippen molar-refractivity contribution in [1.29, 1.82) is 0 Å². The van der Waals surface area contributed by atoms with Gasteiger partial charge in [0.25, 0.3) is 5.91 Å². The third kappa shape index (κ3) is 2.86. The monoisotopic (exact) mass is 312 g/mol. The highest BCUT2D eigenvalue weighted by Crippen LogP contribution is 2.27. The van der Waals surface area contributed by atoms with Gasteiger partial charge in [0.1, 0.15) is 6.04 Å². The molecule has 1 aromatic rings. The summed E-state index contributed by atoms with van der Waals surface area (Å²) in [5.41, 5.74) is 0.986. The van der Waals surface area contributed by atoms with Crippen molar-refractivity contribution >= 4 is 34.9 Å². The maximum absolute atomic E-state index is 12.6. The van der Waals surface area contributed by atoms with Gasteiger partial charge in [-0.1, -0.05) is 0 Å². The minimum atomic E-state index is -0.332. The van der Waals surface area contributed by atoms with E-state index in [9.17, 15) is 9.59 Å². The number of hydrogen-bond donors (Lipinski definition) is 0. The lowest BCUT2D eigenvalue weighted by Crippen LogP contribution is -2.49. The Morgan fingerprint density at radius 3 is 2.70 bits per heavy atom. The standard InChI is InChI=1S/C14H20N2O2S2/c1-9(2)15(4)13(17)11-7-19-8-16(11)14(18)12-10(3)5-6-20-12/h5-6,9,11H,7-8H2,1-4H3. The Bertz CT molecular complexity index is 513. The summed E-state index contributed by atoms with van der Waals surface area (Å²) in [6, 6.07) is 1.76. The van der Waals surface area contributed by atoms with Crippen LogP contribution in [0.4, 0.5) is 0 Å². The average molecular weight is 312 g/mol. The van der Waals surface area contributed by atoms with Crippen LogP contribution in [-0.4, -0.2) is 52.4 Å². The first-order valence-corrected chi connectivity index (χ1v) is 8.66. The van der Waals surface area contributed by atoms with Gasteiger partial charge in [0, 0.05) is 18.8 Å². The molecule has 110 valence electrons. The molecule has 0 bridgehead atoms. The quantitative estimate of drug-likeness (QED) is 0.861. The molecular weight excluding hydrogens is 292 g/mol. The molecule has 1 aliphatic rings. The molecule has 20 heavy (non-hydrogen) atoms. The molecule has 0 aliphatic carbocycles. The van der Waals surface area contributed by atoms with Crippen LogP contribution in [0.15, 0.2) is 11.4 Å². The largest absolute Gasteiger partial charge is 0.342 e. The van der Waals surface area contributed by atoms with Gasteiger partial charge >= 0.3 is 0 Å². The number of aryl methyl sites for hydroxylation is 1. The first-order chi connectivity index (χ1) is 9.43. The van der Waals surface area contributed by atoms with E-state index >= 15 is 0 Å². The number of hydrogen-bond acceptors (Lipinski definition) is 4. The molecule has 0 radical (unpaired) electrons. The Kier molecular flexibility index (Phi) is 4.75. The van der Waals surface area contributed by atoms with Gasteiger partial charge in [-0.15, -0.1) is 23.1 Å². The Hall–Kier alpha value is -1.01. The summed E-state index contributed by atoms with van der Waals surface area (Å²) in [6.07, 6.45) is 0. The van der Waals surface area contributed by atoms with Gasteiger partial charge in [-0.3, -0.25) is 9.59 Å². The molecule has 1 aromatic heterocycles. The van der Waals surface area contributed by atoms with Gasteiger partial charge in [0.2, 0.25) is 5.91 Å². The van der Waals surface area contributed by atoms with E-state index in [1.807, 2.05) is 32.2 Å². The minimum absolute atomic E-state index is 0.0157. The lowest BCUT2D eigenvalue weighted by molar-refractivity contribution is -0.135. The van der Waals surface area contributed by atoms with Crippen LogP contribution in [0.25, 0.3) is 0 Å².